The number of nitrogens with zero attached hydrogens (tertiary/aromatic N) is 1. The highest BCUT2D eigenvalue weighted by molar-refractivity contribution is 7.89. The van der Waals surface area contributed by atoms with E-state index < -0.39 is 16.1 Å². The third-order valence-corrected chi connectivity index (χ3v) is 9.11. The summed E-state index contributed by atoms with van der Waals surface area (Å²) in [5, 5.41) is 0. The molecule has 5 rings (SSSR count). The molecule has 3 fully saturated rings. The molecule has 37 heavy (non-hydrogen) atoms. The standard InChI is InChI=1S/C28H36N2O6S/c1-34-14-15-35-16-17-37(32,33)29-26-24(30(20-28(26)11-12-28)27(31)25-10-13-36-25)19-21-6-5-9-23(18-21)22-7-3-2-4-8-22/h2-9,18,24-26,29H,10-17,19-20H2,1H3/t24-,25?,26+/m0/s1. The molecule has 1 aliphatic carbocycles. The molecule has 1 saturated carbocycles. The van der Waals surface area contributed by atoms with Gasteiger partial charge in [-0.15, -0.1) is 0 Å². The number of sulfonamides is 1. The summed E-state index contributed by atoms with van der Waals surface area (Å²) in [6.07, 6.45) is 2.67. The fourth-order valence-electron chi connectivity index (χ4n) is 5.48. The molecule has 8 nitrogen and oxygen atoms in total. The third kappa shape index (κ3) is 6.07. The molecular formula is C28H36N2O6S. The first kappa shape index (κ1) is 26.3. The van der Waals surface area contributed by atoms with Crippen LogP contribution in [-0.2, 0) is 35.4 Å². The Hall–Kier alpha value is -2.30. The van der Waals surface area contributed by atoms with Gasteiger partial charge in [-0.1, -0.05) is 54.6 Å². The number of methoxy groups -OCH3 is 1. The second-order valence-electron chi connectivity index (χ2n) is 10.3. The number of ether oxygens (including phenoxy) is 3. The summed E-state index contributed by atoms with van der Waals surface area (Å²) in [5.74, 6) is -0.148. The van der Waals surface area contributed by atoms with Gasteiger partial charge in [0.2, 0.25) is 10.0 Å². The summed E-state index contributed by atoms with van der Waals surface area (Å²) in [6, 6.07) is 17.8. The Kier molecular flexibility index (Phi) is 7.97. The van der Waals surface area contributed by atoms with E-state index in [-0.39, 0.29) is 35.8 Å². The number of likely N-dealkylation sites (tertiary alicyclic amines) is 1. The van der Waals surface area contributed by atoms with Crippen LogP contribution in [0.1, 0.15) is 24.8 Å². The van der Waals surface area contributed by atoms with E-state index in [4.69, 9.17) is 14.2 Å². The summed E-state index contributed by atoms with van der Waals surface area (Å²) >= 11 is 0. The highest BCUT2D eigenvalue weighted by Crippen LogP contribution is 2.55. The van der Waals surface area contributed by atoms with E-state index in [1.54, 1.807) is 7.11 Å². The van der Waals surface area contributed by atoms with Crippen molar-refractivity contribution in [2.24, 2.45) is 5.41 Å². The minimum atomic E-state index is -3.61. The maximum Gasteiger partial charge on any atom is 0.252 e. The highest BCUT2D eigenvalue weighted by atomic mass is 32.2. The Morgan fingerprint density at radius 3 is 2.51 bits per heavy atom. The van der Waals surface area contributed by atoms with Crippen LogP contribution in [0.15, 0.2) is 54.6 Å². The predicted molar refractivity (Wildman–Crippen MR) is 141 cm³/mol. The monoisotopic (exact) mass is 528 g/mol. The molecular weight excluding hydrogens is 492 g/mol. The zero-order valence-electron chi connectivity index (χ0n) is 21.3. The van der Waals surface area contributed by atoms with E-state index in [9.17, 15) is 13.2 Å². The van der Waals surface area contributed by atoms with Gasteiger partial charge in [0.15, 0.2) is 0 Å². The van der Waals surface area contributed by atoms with E-state index in [1.807, 2.05) is 29.2 Å². The van der Waals surface area contributed by atoms with Gasteiger partial charge < -0.3 is 19.1 Å². The molecule has 1 N–H and O–H groups in total. The Bertz CT molecular complexity index is 1180. The first-order valence-corrected chi connectivity index (χ1v) is 14.7. The number of nitrogens with one attached hydrogen (secondary N) is 1. The molecule has 2 aromatic rings. The van der Waals surface area contributed by atoms with Crippen LogP contribution in [0.2, 0.25) is 0 Å². The molecule has 2 aromatic carbocycles. The average Bonchev–Trinajstić information content (AvgIpc) is 3.59. The molecule has 2 saturated heterocycles. The van der Waals surface area contributed by atoms with Crippen LogP contribution in [0.3, 0.4) is 0 Å². The van der Waals surface area contributed by atoms with Gasteiger partial charge in [0, 0.05) is 31.5 Å². The smallest absolute Gasteiger partial charge is 0.252 e. The van der Waals surface area contributed by atoms with Crippen molar-refractivity contribution in [3.05, 3.63) is 60.2 Å². The number of carbonyl (C=O) groups excluding carboxylic acids is 1. The molecule has 1 spiro atoms. The normalized spacial score (nSPS) is 24.2. The lowest BCUT2D eigenvalue weighted by atomic mass is 9.91. The number of benzene rings is 2. The Labute approximate surface area is 219 Å². The van der Waals surface area contributed by atoms with E-state index in [1.165, 1.54) is 0 Å². The van der Waals surface area contributed by atoms with Crippen LogP contribution in [0.5, 0.6) is 0 Å². The van der Waals surface area contributed by atoms with Crippen LogP contribution in [0.4, 0.5) is 0 Å². The Morgan fingerprint density at radius 2 is 1.84 bits per heavy atom. The highest BCUT2D eigenvalue weighted by Gasteiger charge is 2.61. The quantitative estimate of drug-likeness (QED) is 0.426. The van der Waals surface area contributed by atoms with Crippen LogP contribution in [0.25, 0.3) is 11.1 Å². The third-order valence-electron chi connectivity index (χ3n) is 7.79. The van der Waals surface area contributed by atoms with Gasteiger partial charge in [0.25, 0.3) is 5.91 Å². The molecule has 0 bridgehead atoms. The van der Waals surface area contributed by atoms with Crippen molar-refractivity contribution >= 4 is 15.9 Å². The van der Waals surface area contributed by atoms with E-state index >= 15 is 0 Å². The Balaban J connectivity index is 1.37. The molecule has 0 radical (unpaired) electrons. The van der Waals surface area contributed by atoms with Crippen LogP contribution >= 0.6 is 0 Å². The largest absolute Gasteiger partial charge is 0.382 e. The van der Waals surface area contributed by atoms with Crippen molar-refractivity contribution in [1.82, 2.24) is 9.62 Å². The van der Waals surface area contributed by atoms with Crippen LogP contribution in [-0.4, -0.2) is 83.2 Å². The summed E-state index contributed by atoms with van der Waals surface area (Å²) in [4.78, 5) is 15.3. The molecule has 3 aliphatic rings. The van der Waals surface area contributed by atoms with E-state index in [2.05, 4.69) is 35.1 Å². The van der Waals surface area contributed by atoms with E-state index in [0.29, 0.717) is 39.2 Å². The van der Waals surface area contributed by atoms with Crippen molar-refractivity contribution in [1.29, 1.82) is 0 Å². The van der Waals surface area contributed by atoms with Gasteiger partial charge in [-0.3, -0.25) is 4.79 Å². The number of hydrogen-bond acceptors (Lipinski definition) is 6. The lowest BCUT2D eigenvalue weighted by Crippen LogP contribution is -2.53. The fraction of sp³-hybridized carbons (Fsp3) is 0.536. The molecule has 1 amide bonds. The lowest BCUT2D eigenvalue weighted by molar-refractivity contribution is -0.157. The number of hydrogen-bond donors (Lipinski definition) is 1. The fourth-order valence-corrected chi connectivity index (χ4v) is 6.73. The van der Waals surface area contributed by atoms with Gasteiger partial charge in [0.1, 0.15) is 6.10 Å². The minimum Gasteiger partial charge on any atom is -0.382 e. The van der Waals surface area contributed by atoms with Gasteiger partial charge in [-0.25, -0.2) is 13.1 Å². The van der Waals surface area contributed by atoms with Crippen molar-refractivity contribution in [3.8, 4) is 11.1 Å². The van der Waals surface area contributed by atoms with E-state index in [0.717, 1.165) is 29.5 Å². The van der Waals surface area contributed by atoms with Crippen molar-refractivity contribution in [3.63, 3.8) is 0 Å². The maximum atomic E-state index is 13.4. The molecule has 2 aliphatic heterocycles. The molecule has 2 heterocycles. The number of rotatable bonds is 12. The number of amides is 1. The minimum absolute atomic E-state index is 0.0219. The SMILES string of the molecule is COCCOCCS(=O)(=O)N[C@@H]1[C@H](Cc2cccc(-c3ccccc3)c2)N(C(=O)C2CCO2)CC12CC2. The molecule has 3 atom stereocenters. The van der Waals surface area contributed by atoms with Gasteiger partial charge in [-0.2, -0.15) is 0 Å². The zero-order chi connectivity index (χ0) is 25.9. The number of carbonyl (C=O) groups is 1. The topological polar surface area (TPSA) is 94.2 Å². The summed E-state index contributed by atoms with van der Waals surface area (Å²) in [6.45, 7) is 2.03. The molecule has 9 heteroatoms. The van der Waals surface area contributed by atoms with Crippen molar-refractivity contribution in [2.45, 2.75) is 43.9 Å². The average molecular weight is 529 g/mol. The van der Waals surface area contributed by atoms with Gasteiger partial charge in [-0.05, 0) is 36.0 Å². The second kappa shape index (κ2) is 11.2. The first-order valence-electron chi connectivity index (χ1n) is 13.0. The molecule has 1 unspecified atom stereocenters. The van der Waals surface area contributed by atoms with Gasteiger partial charge in [0.05, 0.1) is 38.2 Å². The molecule has 200 valence electrons. The van der Waals surface area contributed by atoms with Crippen molar-refractivity contribution < 1.29 is 27.4 Å². The van der Waals surface area contributed by atoms with Crippen LogP contribution in [0, 0.1) is 5.41 Å². The zero-order valence-corrected chi connectivity index (χ0v) is 22.1. The maximum absolute atomic E-state index is 13.4. The summed E-state index contributed by atoms with van der Waals surface area (Å²) < 4.78 is 45.1. The summed E-state index contributed by atoms with van der Waals surface area (Å²) in [7, 11) is -2.03. The first-order chi connectivity index (χ1) is 17.9. The predicted octanol–water partition coefficient (Wildman–Crippen LogP) is 2.63. The second-order valence-corrected chi connectivity index (χ2v) is 12.2. The lowest BCUT2D eigenvalue weighted by Gasteiger charge is -2.34. The summed E-state index contributed by atoms with van der Waals surface area (Å²) in [5.41, 5.74) is 3.08. The molecule has 0 aromatic heterocycles. The van der Waals surface area contributed by atoms with Crippen molar-refractivity contribution in [2.75, 3.05) is 45.8 Å². The van der Waals surface area contributed by atoms with Crippen LogP contribution < -0.4 is 4.72 Å². The van der Waals surface area contributed by atoms with Gasteiger partial charge >= 0.3 is 0 Å². The Morgan fingerprint density at radius 1 is 1.08 bits per heavy atom.